The minimum atomic E-state index is -3.59. The first-order chi connectivity index (χ1) is 14.6. The number of carbonyl (C=O) groups is 2. The smallest absolute Gasteiger partial charge is 0.275 e. The average Bonchev–Trinajstić information content (AvgIpc) is 3.14. The van der Waals surface area contributed by atoms with Crippen molar-refractivity contribution in [1.29, 1.82) is 0 Å². The maximum Gasteiger partial charge on any atom is 0.275 e. The number of aromatic hydroxyl groups is 1. The molecule has 0 saturated carbocycles. The molecule has 1 saturated heterocycles. The first kappa shape index (κ1) is 21.0. The number of fused-ring (bicyclic) bond motifs is 2. The van der Waals surface area contributed by atoms with Gasteiger partial charge in [0.15, 0.2) is 11.4 Å². The zero-order valence-corrected chi connectivity index (χ0v) is 17.2. The molecule has 1 aromatic heterocycles. The first-order valence-corrected chi connectivity index (χ1v) is 11.2. The van der Waals surface area contributed by atoms with Gasteiger partial charge in [0, 0.05) is 25.8 Å². The standard InChI is InChI=1S/C19H19FN4O6S/c1-31(29,30)24-7-6-23-14(24)10-22-9-13(16(25)17(26)15(22)19(23)28)18(27)21-8-11-2-4-12(20)5-3-11/h2-5,9,14,26H,6-8,10H2,1H3,(H,21,27). The Balaban J connectivity index is 1.65. The van der Waals surface area contributed by atoms with Gasteiger partial charge in [-0.2, -0.15) is 4.31 Å². The molecule has 2 amide bonds. The van der Waals surface area contributed by atoms with Gasteiger partial charge in [0.1, 0.15) is 17.5 Å². The number of sulfonamides is 1. The molecule has 2 aliphatic heterocycles. The quantitative estimate of drug-likeness (QED) is 0.657. The Morgan fingerprint density at radius 2 is 1.90 bits per heavy atom. The van der Waals surface area contributed by atoms with Crippen molar-refractivity contribution in [3.8, 4) is 5.75 Å². The molecule has 2 aromatic rings. The number of halogens is 1. The molecular formula is C19H19FN4O6S. The number of pyridine rings is 1. The van der Waals surface area contributed by atoms with Crippen LogP contribution in [0, 0.1) is 5.82 Å². The summed E-state index contributed by atoms with van der Waals surface area (Å²) in [6.45, 7) is 0.197. The maximum absolute atomic E-state index is 13.0. The summed E-state index contributed by atoms with van der Waals surface area (Å²) in [5.41, 5.74) is -1.09. The van der Waals surface area contributed by atoms with Gasteiger partial charge < -0.3 is 19.9 Å². The molecule has 1 fully saturated rings. The highest BCUT2D eigenvalue weighted by molar-refractivity contribution is 7.88. The molecule has 12 heteroatoms. The van der Waals surface area contributed by atoms with Crippen LogP contribution in [0.2, 0.25) is 0 Å². The van der Waals surface area contributed by atoms with E-state index in [0.717, 1.165) is 16.8 Å². The van der Waals surface area contributed by atoms with Crippen molar-refractivity contribution >= 4 is 21.8 Å². The Morgan fingerprint density at radius 3 is 2.55 bits per heavy atom. The van der Waals surface area contributed by atoms with Gasteiger partial charge in [-0.05, 0) is 17.7 Å². The summed E-state index contributed by atoms with van der Waals surface area (Å²) in [5, 5.41) is 12.9. The third-order valence-corrected chi connectivity index (χ3v) is 6.65. The fraction of sp³-hybridized carbons (Fsp3) is 0.316. The molecule has 0 aliphatic carbocycles. The Morgan fingerprint density at radius 1 is 1.23 bits per heavy atom. The lowest BCUT2D eigenvalue weighted by Crippen LogP contribution is -2.51. The summed E-state index contributed by atoms with van der Waals surface area (Å²) < 4.78 is 39.5. The molecule has 4 rings (SSSR count). The number of hydrogen-bond donors (Lipinski definition) is 2. The zero-order chi connectivity index (χ0) is 22.5. The average molecular weight is 450 g/mol. The van der Waals surface area contributed by atoms with Gasteiger partial charge in [-0.1, -0.05) is 12.1 Å². The van der Waals surface area contributed by atoms with E-state index < -0.39 is 50.6 Å². The number of amides is 2. The van der Waals surface area contributed by atoms with Crippen LogP contribution >= 0.6 is 0 Å². The van der Waals surface area contributed by atoms with Gasteiger partial charge in [0.25, 0.3) is 11.8 Å². The molecule has 1 aromatic carbocycles. The summed E-state index contributed by atoms with van der Waals surface area (Å²) in [6.07, 6.45) is 1.37. The molecule has 1 atom stereocenters. The van der Waals surface area contributed by atoms with Gasteiger partial charge >= 0.3 is 0 Å². The molecule has 0 bridgehead atoms. The molecule has 10 nitrogen and oxygen atoms in total. The van der Waals surface area contributed by atoms with Crippen molar-refractivity contribution in [2.24, 2.45) is 0 Å². The fourth-order valence-electron chi connectivity index (χ4n) is 3.84. The highest BCUT2D eigenvalue weighted by atomic mass is 32.2. The minimum absolute atomic E-state index is 0.0122. The van der Waals surface area contributed by atoms with E-state index in [-0.39, 0.29) is 31.9 Å². The summed E-state index contributed by atoms with van der Waals surface area (Å²) in [7, 11) is -3.59. The third kappa shape index (κ3) is 3.68. The Hall–Kier alpha value is -3.25. The summed E-state index contributed by atoms with van der Waals surface area (Å²) in [5.74, 6) is -2.77. The SMILES string of the molecule is CS(=O)(=O)N1CCN2C(=O)c3c(O)c(=O)c(C(=O)NCc4ccc(F)cc4)cn3CC21. The Labute approximate surface area is 176 Å². The topological polar surface area (TPSA) is 129 Å². The van der Waals surface area contributed by atoms with E-state index in [9.17, 15) is 32.3 Å². The van der Waals surface area contributed by atoms with Gasteiger partial charge in [0.2, 0.25) is 15.5 Å². The molecule has 0 spiro atoms. The van der Waals surface area contributed by atoms with E-state index in [4.69, 9.17) is 0 Å². The fourth-order valence-corrected chi connectivity index (χ4v) is 4.88. The van der Waals surface area contributed by atoms with Crippen molar-refractivity contribution < 1.29 is 27.5 Å². The second-order valence-electron chi connectivity index (χ2n) is 7.38. The minimum Gasteiger partial charge on any atom is -0.503 e. The molecular weight excluding hydrogens is 431 g/mol. The van der Waals surface area contributed by atoms with Crippen molar-refractivity contribution in [3.63, 3.8) is 0 Å². The highest BCUT2D eigenvalue weighted by Gasteiger charge is 2.45. The predicted molar refractivity (Wildman–Crippen MR) is 106 cm³/mol. The lowest BCUT2D eigenvalue weighted by Gasteiger charge is -2.35. The first-order valence-electron chi connectivity index (χ1n) is 9.35. The number of aromatic nitrogens is 1. The summed E-state index contributed by atoms with van der Waals surface area (Å²) in [6, 6.07) is 5.40. The molecule has 3 heterocycles. The molecule has 31 heavy (non-hydrogen) atoms. The molecule has 2 N–H and O–H groups in total. The van der Waals surface area contributed by atoms with Crippen molar-refractivity contribution in [3.05, 3.63) is 63.3 Å². The lowest BCUT2D eigenvalue weighted by molar-refractivity contribution is 0.0594. The van der Waals surface area contributed by atoms with Crippen molar-refractivity contribution in [2.75, 3.05) is 19.3 Å². The van der Waals surface area contributed by atoms with Crippen LogP contribution in [0.5, 0.6) is 5.75 Å². The van der Waals surface area contributed by atoms with E-state index in [1.165, 1.54) is 33.7 Å². The molecule has 164 valence electrons. The van der Waals surface area contributed by atoms with Crippen LogP contribution in [0.1, 0.15) is 26.4 Å². The van der Waals surface area contributed by atoms with E-state index >= 15 is 0 Å². The number of nitrogens with one attached hydrogen (secondary N) is 1. The van der Waals surface area contributed by atoms with Crippen LogP contribution < -0.4 is 10.7 Å². The van der Waals surface area contributed by atoms with Crippen LogP contribution in [0.25, 0.3) is 0 Å². The second-order valence-corrected chi connectivity index (χ2v) is 9.32. The monoisotopic (exact) mass is 450 g/mol. The lowest BCUT2D eigenvalue weighted by atomic mass is 10.1. The van der Waals surface area contributed by atoms with Gasteiger partial charge in [-0.25, -0.2) is 12.8 Å². The van der Waals surface area contributed by atoms with Crippen LogP contribution in [0.3, 0.4) is 0 Å². The number of carbonyl (C=O) groups excluding carboxylic acids is 2. The number of benzene rings is 1. The van der Waals surface area contributed by atoms with Gasteiger partial charge in [-0.3, -0.25) is 14.4 Å². The number of hydrogen-bond acceptors (Lipinski definition) is 6. The van der Waals surface area contributed by atoms with E-state index in [1.54, 1.807) is 0 Å². The van der Waals surface area contributed by atoms with Crippen molar-refractivity contribution in [1.82, 2.24) is 19.1 Å². The van der Waals surface area contributed by atoms with Crippen molar-refractivity contribution in [2.45, 2.75) is 19.3 Å². The summed E-state index contributed by atoms with van der Waals surface area (Å²) >= 11 is 0. The van der Waals surface area contributed by atoms with E-state index in [1.807, 2.05) is 0 Å². The van der Waals surface area contributed by atoms with Crippen LogP contribution in [0.15, 0.2) is 35.3 Å². The Kier molecular flexibility index (Phi) is 5.06. The van der Waals surface area contributed by atoms with Gasteiger partial charge in [0.05, 0.1) is 12.8 Å². The normalized spacial score (nSPS) is 18.6. The van der Waals surface area contributed by atoms with E-state index in [0.29, 0.717) is 5.56 Å². The number of rotatable bonds is 4. The Bertz CT molecular complexity index is 1240. The third-order valence-electron chi connectivity index (χ3n) is 5.37. The summed E-state index contributed by atoms with van der Waals surface area (Å²) in [4.78, 5) is 39.2. The zero-order valence-electron chi connectivity index (χ0n) is 16.4. The number of nitrogens with zero attached hydrogens (tertiary/aromatic N) is 3. The predicted octanol–water partition coefficient (Wildman–Crippen LogP) is -0.320. The van der Waals surface area contributed by atoms with Crippen LogP contribution in [-0.2, 0) is 23.1 Å². The maximum atomic E-state index is 13.0. The van der Waals surface area contributed by atoms with Crippen LogP contribution in [-0.4, -0.2) is 64.6 Å². The largest absolute Gasteiger partial charge is 0.503 e. The van der Waals surface area contributed by atoms with Crippen LogP contribution in [0.4, 0.5) is 4.39 Å². The molecule has 2 aliphatic rings. The van der Waals surface area contributed by atoms with Gasteiger partial charge in [-0.15, -0.1) is 0 Å². The second kappa shape index (κ2) is 7.46. The highest BCUT2D eigenvalue weighted by Crippen LogP contribution is 2.29. The molecule has 1 unspecified atom stereocenters. The molecule has 0 radical (unpaired) electrons. The van der Waals surface area contributed by atoms with E-state index in [2.05, 4.69) is 5.32 Å².